The molecule has 0 unspecified atom stereocenters. The molecule has 0 aromatic heterocycles. The monoisotopic (exact) mass is 321 g/mol. The molecule has 23 heavy (non-hydrogen) atoms. The first kappa shape index (κ1) is 16.9. The highest BCUT2D eigenvalue weighted by Crippen LogP contribution is 2.28. The number of rotatable bonds is 5. The number of phenols is 1. The van der Waals surface area contributed by atoms with Gasteiger partial charge in [0, 0.05) is 24.7 Å². The number of hydrogen-bond acceptors (Lipinski definition) is 4. The Morgan fingerprint density at radius 2 is 1.83 bits per heavy atom. The van der Waals surface area contributed by atoms with Crippen LogP contribution in [-0.4, -0.2) is 29.2 Å². The highest BCUT2D eigenvalue weighted by Gasteiger charge is 2.18. The maximum Gasteiger partial charge on any atom is 0.360 e. The number of halogens is 2. The number of carbonyl (C=O) groups excluding carboxylic acids is 1. The van der Waals surface area contributed by atoms with Crippen LogP contribution in [0.1, 0.15) is 24.2 Å². The van der Waals surface area contributed by atoms with E-state index in [4.69, 9.17) is 4.84 Å². The molecule has 0 saturated heterocycles. The van der Waals surface area contributed by atoms with Crippen LogP contribution in [0.5, 0.6) is 5.75 Å². The zero-order valence-corrected chi connectivity index (χ0v) is 12.8. The molecule has 0 atom stereocenters. The smallest absolute Gasteiger partial charge is 0.360 e. The van der Waals surface area contributed by atoms with E-state index in [1.807, 2.05) is 13.8 Å². The second-order valence-electron chi connectivity index (χ2n) is 4.85. The lowest BCUT2D eigenvalue weighted by Gasteiger charge is -2.17. The Kier molecular flexibility index (Phi) is 5.28. The van der Waals surface area contributed by atoms with Crippen LogP contribution in [0.25, 0.3) is 11.1 Å². The number of hydrogen-bond donors (Lipinski definition) is 1. The molecule has 2 aromatic carbocycles. The first-order chi connectivity index (χ1) is 11.0. The summed E-state index contributed by atoms with van der Waals surface area (Å²) >= 11 is 0. The Bertz CT molecular complexity index is 715. The van der Waals surface area contributed by atoms with Crippen molar-refractivity contribution in [2.24, 2.45) is 0 Å². The first-order valence-corrected chi connectivity index (χ1v) is 7.22. The van der Waals surface area contributed by atoms with E-state index in [0.717, 1.165) is 12.1 Å². The molecule has 0 bridgehead atoms. The number of benzene rings is 2. The lowest BCUT2D eigenvalue weighted by Crippen LogP contribution is -2.27. The van der Waals surface area contributed by atoms with Gasteiger partial charge in [-0.25, -0.2) is 13.6 Å². The summed E-state index contributed by atoms with van der Waals surface area (Å²) in [5.41, 5.74) is 0.383. The minimum atomic E-state index is -0.751. The zero-order valence-electron chi connectivity index (χ0n) is 12.8. The van der Waals surface area contributed by atoms with Crippen LogP contribution in [0.4, 0.5) is 8.78 Å². The van der Waals surface area contributed by atoms with Crippen molar-refractivity contribution in [2.75, 3.05) is 13.1 Å². The van der Waals surface area contributed by atoms with Gasteiger partial charge in [-0.2, -0.15) is 0 Å². The Labute approximate surface area is 132 Å². The molecule has 0 aliphatic carbocycles. The lowest BCUT2D eigenvalue weighted by molar-refractivity contribution is -0.103. The summed E-state index contributed by atoms with van der Waals surface area (Å²) in [7, 11) is 0. The molecule has 1 N–H and O–H groups in total. The summed E-state index contributed by atoms with van der Waals surface area (Å²) in [5.74, 6) is -2.45. The van der Waals surface area contributed by atoms with Gasteiger partial charge in [-0.05, 0) is 43.7 Å². The third-order valence-corrected chi connectivity index (χ3v) is 3.38. The Morgan fingerprint density at radius 1 is 1.13 bits per heavy atom. The average molecular weight is 321 g/mol. The van der Waals surface area contributed by atoms with Crippen LogP contribution >= 0.6 is 0 Å². The van der Waals surface area contributed by atoms with Crippen molar-refractivity contribution in [3.63, 3.8) is 0 Å². The molecule has 122 valence electrons. The van der Waals surface area contributed by atoms with Gasteiger partial charge in [-0.1, -0.05) is 6.07 Å². The largest absolute Gasteiger partial charge is 0.507 e. The topological polar surface area (TPSA) is 49.8 Å². The van der Waals surface area contributed by atoms with Gasteiger partial charge in [0.05, 0.1) is 0 Å². The zero-order chi connectivity index (χ0) is 17.0. The van der Waals surface area contributed by atoms with E-state index in [2.05, 4.69) is 0 Å². The second kappa shape index (κ2) is 7.19. The maximum absolute atomic E-state index is 13.9. The lowest BCUT2D eigenvalue weighted by atomic mass is 10.0. The maximum atomic E-state index is 13.9. The molecule has 0 spiro atoms. The summed E-state index contributed by atoms with van der Waals surface area (Å²) in [6.07, 6.45) is 0. The van der Waals surface area contributed by atoms with Crippen LogP contribution in [0.3, 0.4) is 0 Å². The van der Waals surface area contributed by atoms with Crippen molar-refractivity contribution < 1.29 is 23.5 Å². The van der Waals surface area contributed by atoms with Gasteiger partial charge in [0.2, 0.25) is 0 Å². The molecule has 2 aromatic rings. The minimum Gasteiger partial charge on any atom is -0.507 e. The van der Waals surface area contributed by atoms with Crippen LogP contribution in [-0.2, 0) is 4.84 Å². The van der Waals surface area contributed by atoms with Gasteiger partial charge in [-0.15, -0.1) is 5.06 Å². The molecule has 0 saturated carbocycles. The van der Waals surface area contributed by atoms with E-state index in [1.165, 1.54) is 29.3 Å². The van der Waals surface area contributed by atoms with Crippen molar-refractivity contribution in [1.82, 2.24) is 5.06 Å². The first-order valence-electron chi connectivity index (χ1n) is 7.22. The number of aromatic hydroxyl groups is 1. The van der Waals surface area contributed by atoms with E-state index < -0.39 is 17.6 Å². The summed E-state index contributed by atoms with van der Waals surface area (Å²) in [4.78, 5) is 17.3. The van der Waals surface area contributed by atoms with Gasteiger partial charge in [0.25, 0.3) is 0 Å². The summed E-state index contributed by atoms with van der Waals surface area (Å²) in [6, 6.07) is 7.19. The molecular weight excluding hydrogens is 304 g/mol. The molecule has 0 radical (unpaired) electrons. The highest BCUT2D eigenvalue weighted by molar-refractivity contribution is 5.93. The Hall–Kier alpha value is -2.47. The molecule has 0 aliphatic heterocycles. The van der Waals surface area contributed by atoms with Gasteiger partial charge < -0.3 is 9.94 Å². The minimum absolute atomic E-state index is 0.0851. The molecule has 0 heterocycles. The molecule has 4 nitrogen and oxygen atoms in total. The van der Waals surface area contributed by atoms with Crippen molar-refractivity contribution >= 4 is 5.97 Å². The summed E-state index contributed by atoms with van der Waals surface area (Å²) in [6.45, 7) is 4.63. The van der Waals surface area contributed by atoms with Crippen LogP contribution in [0.15, 0.2) is 36.4 Å². The Balaban J connectivity index is 2.37. The SMILES string of the molecule is CCN(CC)OC(=O)c1cc(-c2ccc(F)cc2F)ccc1O. The Morgan fingerprint density at radius 3 is 2.43 bits per heavy atom. The predicted molar refractivity (Wildman–Crippen MR) is 81.8 cm³/mol. The summed E-state index contributed by atoms with van der Waals surface area (Å²) in [5, 5.41) is 11.3. The number of carbonyl (C=O) groups is 1. The van der Waals surface area contributed by atoms with Crippen LogP contribution in [0.2, 0.25) is 0 Å². The van der Waals surface area contributed by atoms with Gasteiger partial charge in [0.15, 0.2) is 0 Å². The fraction of sp³-hybridized carbons (Fsp3) is 0.235. The quantitative estimate of drug-likeness (QED) is 0.852. The van der Waals surface area contributed by atoms with Gasteiger partial charge in [0.1, 0.15) is 22.9 Å². The van der Waals surface area contributed by atoms with E-state index in [-0.39, 0.29) is 16.9 Å². The molecule has 0 fully saturated rings. The predicted octanol–water partition coefficient (Wildman–Crippen LogP) is 3.75. The summed E-state index contributed by atoms with van der Waals surface area (Å²) < 4.78 is 26.9. The second-order valence-corrected chi connectivity index (χ2v) is 4.85. The van der Waals surface area contributed by atoms with Crippen LogP contribution < -0.4 is 0 Å². The molecule has 2 rings (SSSR count). The standard InChI is InChI=1S/C17H17F2NO3/c1-3-20(4-2)23-17(22)14-9-11(5-8-16(14)21)13-7-6-12(18)10-15(13)19/h5-10,21H,3-4H2,1-2H3. The number of hydroxylamine groups is 2. The average Bonchev–Trinajstić information content (AvgIpc) is 2.53. The molecular formula is C17H17F2NO3. The van der Waals surface area contributed by atoms with E-state index >= 15 is 0 Å². The fourth-order valence-corrected chi connectivity index (χ4v) is 2.11. The van der Waals surface area contributed by atoms with Crippen molar-refractivity contribution in [1.29, 1.82) is 0 Å². The molecule has 0 aliphatic rings. The van der Waals surface area contributed by atoms with Gasteiger partial charge in [-0.3, -0.25) is 0 Å². The molecule has 6 heteroatoms. The van der Waals surface area contributed by atoms with Crippen molar-refractivity contribution in [3.8, 4) is 16.9 Å². The van der Waals surface area contributed by atoms with Crippen molar-refractivity contribution in [3.05, 3.63) is 53.6 Å². The highest BCUT2D eigenvalue weighted by atomic mass is 19.1. The fourth-order valence-electron chi connectivity index (χ4n) is 2.11. The van der Waals surface area contributed by atoms with E-state index in [1.54, 1.807) is 0 Å². The number of nitrogens with zero attached hydrogens (tertiary/aromatic N) is 1. The van der Waals surface area contributed by atoms with Crippen molar-refractivity contribution in [2.45, 2.75) is 13.8 Å². The van der Waals surface area contributed by atoms with E-state index in [0.29, 0.717) is 18.7 Å². The molecule has 0 amide bonds. The van der Waals surface area contributed by atoms with Gasteiger partial charge >= 0.3 is 5.97 Å². The van der Waals surface area contributed by atoms with E-state index in [9.17, 15) is 18.7 Å². The van der Waals surface area contributed by atoms with Crippen LogP contribution in [0, 0.1) is 11.6 Å². The number of phenolic OH excluding ortho intramolecular Hbond substituents is 1. The third-order valence-electron chi connectivity index (χ3n) is 3.38. The third kappa shape index (κ3) is 3.84. The normalized spacial score (nSPS) is 10.8.